The van der Waals surface area contributed by atoms with Crippen LogP contribution in [0.3, 0.4) is 0 Å². The smallest absolute Gasteiger partial charge is 0.0793 e. The van der Waals surface area contributed by atoms with Crippen molar-refractivity contribution in [2.45, 2.75) is 25.0 Å². The molecule has 3 nitrogen and oxygen atoms in total. The lowest BCUT2D eigenvalue weighted by molar-refractivity contribution is -0.00374. The molecular formula is C9H18N2O. The molecular weight excluding hydrogens is 152 g/mol. The number of hydrogen-bond acceptors (Lipinski definition) is 3. The van der Waals surface area contributed by atoms with Crippen LogP contribution in [0.15, 0.2) is 0 Å². The molecule has 0 radical (unpaired) electrons. The molecule has 0 aromatic carbocycles. The third-order valence-electron chi connectivity index (χ3n) is 2.95. The summed E-state index contributed by atoms with van der Waals surface area (Å²) in [6.07, 6.45) is 2.73. The molecule has 0 spiro atoms. The summed E-state index contributed by atoms with van der Waals surface area (Å²) < 4.78 is 0. The molecule has 70 valence electrons. The van der Waals surface area contributed by atoms with Crippen LogP contribution in [0.25, 0.3) is 0 Å². The third-order valence-corrected chi connectivity index (χ3v) is 2.95. The number of rotatable bonds is 4. The molecule has 2 fully saturated rings. The van der Waals surface area contributed by atoms with Crippen molar-refractivity contribution in [3.05, 3.63) is 0 Å². The maximum Gasteiger partial charge on any atom is 0.0793 e. The van der Waals surface area contributed by atoms with Gasteiger partial charge >= 0.3 is 0 Å². The summed E-state index contributed by atoms with van der Waals surface area (Å²) in [7, 11) is 2.04. The first-order chi connectivity index (χ1) is 5.79. The topological polar surface area (TPSA) is 35.5 Å². The fraction of sp³-hybridized carbons (Fsp3) is 1.00. The van der Waals surface area contributed by atoms with E-state index in [1.165, 1.54) is 12.8 Å². The van der Waals surface area contributed by atoms with E-state index in [-0.39, 0.29) is 6.10 Å². The average Bonchev–Trinajstić information content (AvgIpc) is 2.78. The van der Waals surface area contributed by atoms with Crippen molar-refractivity contribution >= 4 is 0 Å². The van der Waals surface area contributed by atoms with E-state index >= 15 is 0 Å². The monoisotopic (exact) mass is 170 g/mol. The fourth-order valence-electron chi connectivity index (χ4n) is 1.94. The van der Waals surface area contributed by atoms with Gasteiger partial charge in [-0.05, 0) is 25.8 Å². The predicted octanol–water partition coefficient (Wildman–Crippen LogP) is -0.339. The van der Waals surface area contributed by atoms with Gasteiger partial charge in [-0.3, -0.25) is 4.90 Å². The lowest BCUT2D eigenvalue weighted by Gasteiger charge is -2.38. The zero-order valence-corrected chi connectivity index (χ0v) is 7.66. The van der Waals surface area contributed by atoms with Crippen LogP contribution < -0.4 is 5.32 Å². The van der Waals surface area contributed by atoms with Gasteiger partial charge in [-0.1, -0.05) is 0 Å². The summed E-state index contributed by atoms with van der Waals surface area (Å²) in [5, 5.41) is 12.5. The Hall–Kier alpha value is -0.120. The minimum atomic E-state index is -0.0540. The van der Waals surface area contributed by atoms with E-state index < -0.39 is 0 Å². The molecule has 2 aliphatic rings. The second-order valence-corrected chi connectivity index (χ2v) is 4.10. The van der Waals surface area contributed by atoms with Crippen LogP contribution in [0.2, 0.25) is 0 Å². The van der Waals surface area contributed by atoms with Gasteiger partial charge in [0.1, 0.15) is 0 Å². The molecule has 0 aromatic heterocycles. The number of nitrogens with zero attached hydrogens (tertiary/aromatic N) is 1. The Morgan fingerprint density at radius 3 is 2.58 bits per heavy atom. The molecule has 0 amide bonds. The lowest BCUT2D eigenvalue weighted by atomic mass is 10.1. The Balaban J connectivity index is 1.69. The zero-order valence-electron chi connectivity index (χ0n) is 7.66. The van der Waals surface area contributed by atoms with Crippen LogP contribution in [0.1, 0.15) is 12.8 Å². The highest BCUT2D eigenvalue weighted by atomic mass is 16.3. The Kier molecular flexibility index (Phi) is 2.35. The van der Waals surface area contributed by atoms with Crippen LogP contribution in [-0.4, -0.2) is 48.8 Å². The molecule has 1 aliphatic carbocycles. The van der Waals surface area contributed by atoms with E-state index in [2.05, 4.69) is 10.2 Å². The quantitative estimate of drug-likeness (QED) is 0.606. The van der Waals surface area contributed by atoms with Crippen LogP contribution >= 0.6 is 0 Å². The van der Waals surface area contributed by atoms with Gasteiger partial charge in [0.2, 0.25) is 0 Å². The van der Waals surface area contributed by atoms with Crippen molar-refractivity contribution in [1.82, 2.24) is 10.2 Å². The number of likely N-dealkylation sites (N-methyl/N-ethyl adjacent to an activating group) is 1. The summed E-state index contributed by atoms with van der Waals surface area (Å²) in [5.41, 5.74) is 0. The molecule has 1 aliphatic heterocycles. The van der Waals surface area contributed by atoms with Crippen molar-refractivity contribution in [2.24, 2.45) is 5.92 Å². The molecule has 1 heterocycles. The van der Waals surface area contributed by atoms with Gasteiger partial charge in [-0.15, -0.1) is 0 Å². The first-order valence-corrected chi connectivity index (χ1v) is 4.87. The Labute approximate surface area is 73.8 Å². The highest BCUT2D eigenvalue weighted by Gasteiger charge is 2.34. The second-order valence-electron chi connectivity index (χ2n) is 4.10. The van der Waals surface area contributed by atoms with Crippen LogP contribution in [0, 0.1) is 5.92 Å². The van der Waals surface area contributed by atoms with Crippen molar-refractivity contribution < 1.29 is 5.11 Å². The van der Waals surface area contributed by atoms with Gasteiger partial charge in [0, 0.05) is 25.7 Å². The Morgan fingerprint density at radius 1 is 1.50 bits per heavy atom. The van der Waals surface area contributed by atoms with Crippen molar-refractivity contribution in [2.75, 3.05) is 26.7 Å². The molecule has 1 saturated heterocycles. The largest absolute Gasteiger partial charge is 0.390 e. The summed E-state index contributed by atoms with van der Waals surface area (Å²) in [4.78, 5) is 2.32. The van der Waals surface area contributed by atoms with Crippen molar-refractivity contribution in [3.8, 4) is 0 Å². The normalized spacial score (nSPS) is 28.5. The van der Waals surface area contributed by atoms with Crippen molar-refractivity contribution in [1.29, 1.82) is 0 Å². The predicted molar refractivity (Wildman–Crippen MR) is 48.0 cm³/mol. The van der Waals surface area contributed by atoms with E-state index in [4.69, 9.17) is 5.11 Å². The maximum absolute atomic E-state index is 9.10. The van der Waals surface area contributed by atoms with Gasteiger partial charge < -0.3 is 10.4 Å². The summed E-state index contributed by atoms with van der Waals surface area (Å²) in [6.45, 7) is 2.88. The first-order valence-electron chi connectivity index (χ1n) is 4.87. The maximum atomic E-state index is 9.10. The molecule has 2 N–H and O–H groups in total. The summed E-state index contributed by atoms with van der Waals surface area (Å²) in [5.74, 6) is 0.910. The molecule has 1 unspecified atom stereocenters. The first kappa shape index (κ1) is 8.48. The second kappa shape index (κ2) is 3.32. The number of aliphatic hydroxyl groups is 1. The van der Waals surface area contributed by atoms with E-state index in [0.29, 0.717) is 6.04 Å². The number of β-amino-alcohol motifs (C(OH)–C–C–N with tert-alkyl or cyclic N) is 1. The number of likely N-dealkylation sites (tertiary alicyclic amines) is 1. The Bertz CT molecular complexity index is 153. The van der Waals surface area contributed by atoms with Gasteiger partial charge in [0.25, 0.3) is 0 Å². The standard InChI is InChI=1S/C9H18N2O/c1-10-9(7-2-3-7)6-11-4-8(12)5-11/h7-10,12H,2-6H2,1H3. The molecule has 3 heteroatoms. The highest BCUT2D eigenvalue weighted by molar-refractivity contribution is 4.90. The molecule has 1 saturated carbocycles. The van der Waals surface area contributed by atoms with Crippen molar-refractivity contribution in [3.63, 3.8) is 0 Å². The van der Waals surface area contributed by atoms with Crippen LogP contribution in [-0.2, 0) is 0 Å². The van der Waals surface area contributed by atoms with Gasteiger partial charge in [0.05, 0.1) is 6.10 Å². The van der Waals surface area contributed by atoms with E-state index in [1.807, 2.05) is 7.05 Å². The zero-order chi connectivity index (χ0) is 8.55. The summed E-state index contributed by atoms with van der Waals surface area (Å²) in [6, 6.07) is 0.664. The minimum absolute atomic E-state index is 0.0540. The Morgan fingerprint density at radius 2 is 2.17 bits per heavy atom. The van der Waals surface area contributed by atoms with Gasteiger partial charge in [0.15, 0.2) is 0 Å². The van der Waals surface area contributed by atoms with E-state index in [1.54, 1.807) is 0 Å². The molecule has 2 rings (SSSR count). The minimum Gasteiger partial charge on any atom is -0.390 e. The van der Waals surface area contributed by atoms with Gasteiger partial charge in [-0.25, -0.2) is 0 Å². The highest BCUT2D eigenvalue weighted by Crippen LogP contribution is 2.33. The van der Waals surface area contributed by atoms with Crippen LogP contribution in [0.5, 0.6) is 0 Å². The van der Waals surface area contributed by atoms with E-state index in [9.17, 15) is 0 Å². The average molecular weight is 170 g/mol. The van der Waals surface area contributed by atoms with Gasteiger partial charge in [-0.2, -0.15) is 0 Å². The fourth-order valence-corrected chi connectivity index (χ4v) is 1.94. The number of hydrogen-bond donors (Lipinski definition) is 2. The lowest BCUT2D eigenvalue weighted by Crippen LogP contribution is -2.55. The summed E-state index contributed by atoms with van der Waals surface area (Å²) >= 11 is 0. The molecule has 0 aromatic rings. The molecule has 1 atom stereocenters. The molecule has 0 bridgehead atoms. The molecule has 12 heavy (non-hydrogen) atoms. The van der Waals surface area contributed by atoms with Crippen LogP contribution in [0.4, 0.5) is 0 Å². The van der Waals surface area contributed by atoms with E-state index in [0.717, 1.165) is 25.6 Å². The number of nitrogens with one attached hydrogen (secondary N) is 1. The number of aliphatic hydroxyl groups excluding tert-OH is 1. The SMILES string of the molecule is CNC(CN1CC(O)C1)C1CC1. The third kappa shape index (κ3) is 1.79.